The summed E-state index contributed by atoms with van der Waals surface area (Å²) in [6.07, 6.45) is 10.4. The Kier molecular flexibility index (Phi) is 5.14. The first-order valence-corrected chi connectivity index (χ1v) is 8.01. The van der Waals surface area contributed by atoms with Crippen LogP contribution in [0.3, 0.4) is 0 Å². The fourth-order valence-electron chi connectivity index (χ4n) is 2.43. The number of hydrogen-bond donors (Lipinski definition) is 1. The molecule has 0 aliphatic heterocycles. The van der Waals surface area contributed by atoms with Crippen LogP contribution in [0.25, 0.3) is 10.2 Å². The van der Waals surface area contributed by atoms with Gasteiger partial charge in [0.1, 0.15) is 4.83 Å². The second-order valence-corrected chi connectivity index (χ2v) is 6.16. The molecule has 2 heterocycles. The molecule has 0 aromatic carbocycles. The molecule has 4 heteroatoms. The zero-order valence-corrected chi connectivity index (χ0v) is 12.6. The number of thiophene rings is 1. The lowest BCUT2D eigenvalue weighted by atomic mass is 10.1. The third kappa shape index (κ3) is 3.44. The topological polar surface area (TPSA) is 45.8 Å². The van der Waals surface area contributed by atoms with Gasteiger partial charge in [-0.15, -0.1) is 11.3 Å². The van der Waals surface area contributed by atoms with E-state index in [0.717, 1.165) is 22.2 Å². The molecule has 0 aliphatic rings. The Balaban J connectivity index is 1.96. The maximum atomic E-state index is 11.8. The summed E-state index contributed by atoms with van der Waals surface area (Å²) in [5.74, 6) is 0. The molecule has 19 heavy (non-hydrogen) atoms. The van der Waals surface area contributed by atoms with Crippen LogP contribution in [0.15, 0.2) is 11.1 Å². The lowest BCUT2D eigenvalue weighted by Gasteiger charge is -2.00. The summed E-state index contributed by atoms with van der Waals surface area (Å²) >= 11 is 1.68. The molecule has 0 saturated carbocycles. The van der Waals surface area contributed by atoms with Gasteiger partial charge in [-0.1, -0.05) is 39.0 Å². The second kappa shape index (κ2) is 6.85. The zero-order chi connectivity index (χ0) is 13.7. The molecule has 2 aromatic heterocycles. The predicted molar refractivity (Wildman–Crippen MR) is 82.1 cm³/mol. The van der Waals surface area contributed by atoms with Gasteiger partial charge in [0, 0.05) is 4.88 Å². The van der Waals surface area contributed by atoms with E-state index in [-0.39, 0.29) is 5.56 Å². The summed E-state index contributed by atoms with van der Waals surface area (Å²) in [6, 6.07) is 0. The third-order valence-electron chi connectivity index (χ3n) is 3.59. The van der Waals surface area contributed by atoms with Gasteiger partial charge in [-0.2, -0.15) is 0 Å². The molecule has 0 atom stereocenters. The molecular formula is C15H22N2OS. The van der Waals surface area contributed by atoms with Crippen molar-refractivity contribution in [3.8, 4) is 0 Å². The average Bonchev–Trinajstić information content (AvgIpc) is 2.72. The van der Waals surface area contributed by atoms with Crippen molar-refractivity contribution >= 4 is 21.6 Å². The molecule has 0 spiro atoms. The fourth-order valence-corrected chi connectivity index (χ4v) is 3.62. The number of hydrogen-bond acceptors (Lipinski definition) is 3. The molecule has 3 nitrogen and oxygen atoms in total. The minimum absolute atomic E-state index is 0.00653. The van der Waals surface area contributed by atoms with Gasteiger partial charge >= 0.3 is 0 Å². The number of H-pyrrole nitrogens is 1. The summed E-state index contributed by atoms with van der Waals surface area (Å²) < 4.78 is 0. The van der Waals surface area contributed by atoms with Gasteiger partial charge in [0.05, 0.1) is 11.7 Å². The van der Waals surface area contributed by atoms with E-state index in [1.807, 2.05) is 6.92 Å². The van der Waals surface area contributed by atoms with E-state index >= 15 is 0 Å². The molecule has 0 radical (unpaired) electrons. The van der Waals surface area contributed by atoms with Gasteiger partial charge in [0.25, 0.3) is 5.56 Å². The van der Waals surface area contributed by atoms with E-state index in [2.05, 4.69) is 16.9 Å². The Morgan fingerprint density at radius 2 is 1.95 bits per heavy atom. The highest BCUT2D eigenvalue weighted by atomic mass is 32.1. The van der Waals surface area contributed by atoms with Gasteiger partial charge in [-0.25, -0.2) is 4.98 Å². The number of aryl methyl sites for hydroxylation is 2. The monoisotopic (exact) mass is 278 g/mol. The van der Waals surface area contributed by atoms with Gasteiger partial charge in [-0.3, -0.25) is 4.79 Å². The maximum Gasteiger partial charge on any atom is 0.259 e. The highest BCUT2D eigenvalue weighted by Gasteiger charge is 2.11. The number of aromatic amines is 1. The second-order valence-electron chi connectivity index (χ2n) is 5.08. The van der Waals surface area contributed by atoms with Crippen LogP contribution in [0.1, 0.15) is 55.9 Å². The fraction of sp³-hybridized carbons (Fsp3) is 0.600. The number of fused-ring (bicyclic) bond motifs is 1. The first kappa shape index (κ1) is 14.3. The van der Waals surface area contributed by atoms with Crippen LogP contribution in [0, 0.1) is 6.92 Å². The van der Waals surface area contributed by atoms with Crippen LogP contribution in [-0.4, -0.2) is 9.97 Å². The quantitative estimate of drug-likeness (QED) is 0.772. The Bertz CT molecular complexity index is 585. The zero-order valence-electron chi connectivity index (χ0n) is 11.8. The summed E-state index contributed by atoms with van der Waals surface area (Å²) in [5.41, 5.74) is 1.12. The van der Waals surface area contributed by atoms with Crippen molar-refractivity contribution in [3.63, 3.8) is 0 Å². The molecular weight excluding hydrogens is 256 g/mol. The molecule has 1 N–H and O–H groups in total. The summed E-state index contributed by atoms with van der Waals surface area (Å²) in [5, 5.41) is 0.786. The largest absolute Gasteiger partial charge is 0.313 e. The number of nitrogens with one attached hydrogen (secondary N) is 1. The number of rotatable bonds is 7. The van der Waals surface area contributed by atoms with Crippen molar-refractivity contribution in [3.05, 3.63) is 27.1 Å². The van der Waals surface area contributed by atoms with Crippen LogP contribution < -0.4 is 5.56 Å². The average molecular weight is 278 g/mol. The Labute approximate surface area is 118 Å². The first-order valence-electron chi connectivity index (χ1n) is 7.19. The molecule has 0 unspecified atom stereocenters. The van der Waals surface area contributed by atoms with Gasteiger partial charge in [-0.05, 0) is 25.3 Å². The summed E-state index contributed by atoms with van der Waals surface area (Å²) in [6.45, 7) is 4.28. The first-order chi connectivity index (χ1) is 9.24. The van der Waals surface area contributed by atoms with Crippen molar-refractivity contribution in [1.29, 1.82) is 0 Å². The molecule has 0 bridgehead atoms. The number of unbranched alkanes of at least 4 members (excludes halogenated alkanes) is 5. The van der Waals surface area contributed by atoms with E-state index in [0.29, 0.717) is 0 Å². The smallest absolute Gasteiger partial charge is 0.259 e. The summed E-state index contributed by atoms with van der Waals surface area (Å²) in [4.78, 5) is 20.9. The van der Waals surface area contributed by atoms with Crippen LogP contribution in [0.4, 0.5) is 0 Å². The molecule has 0 saturated heterocycles. The third-order valence-corrected chi connectivity index (χ3v) is 4.85. The minimum Gasteiger partial charge on any atom is -0.313 e. The van der Waals surface area contributed by atoms with Crippen molar-refractivity contribution in [2.75, 3.05) is 0 Å². The molecule has 0 fully saturated rings. The molecule has 2 rings (SSSR count). The highest BCUT2D eigenvalue weighted by Crippen LogP contribution is 2.28. The van der Waals surface area contributed by atoms with Crippen molar-refractivity contribution < 1.29 is 0 Å². The summed E-state index contributed by atoms with van der Waals surface area (Å²) in [7, 11) is 0. The van der Waals surface area contributed by atoms with E-state index in [1.54, 1.807) is 11.3 Å². The molecule has 2 aromatic rings. The Hall–Kier alpha value is -1.16. The Morgan fingerprint density at radius 3 is 2.68 bits per heavy atom. The van der Waals surface area contributed by atoms with Crippen molar-refractivity contribution in [2.45, 2.75) is 58.8 Å². The molecule has 0 amide bonds. The van der Waals surface area contributed by atoms with Gasteiger partial charge in [0.2, 0.25) is 0 Å². The van der Waals surface area contributed by atoms with Gasteiger partial charge < -0.3 is 4.98 Å². The van der Waals surface area contributed by atoms with Crippen molar-refractivity contribution in [2.24, 2.45) is 0 Å². The van der Waals surface area contributed by atoms with E-state index in [4.69, 9.17) is 0 Å². The van der Waals surface area contributed by atoms with Crippen LogP contribution >= 0.6 is 11.3 Å². The lowest BCUT2D eigenvalue weighted by Crippen LogP contribution is -2.05. The van der Waals surface area contributed by atoms with Gasteiger partial charge in [0.15, 0.2) is 0 Å². The minimum atomic E-state index is -0.00653. The highest BCUT2D eigenvalue weighted by molar-refractivity contribution is 7.18. The normalized spacial score (nSPS) is 11.3. The molecule has 0 aliphatic carbocycles. The number of aromatic nitrogens is 2. The number of nitrogens with zero attached hydrogens (tertiary/aromatic N) is 1. The van der Waals surface area contributed by atoms with Crippen LogP contribution in [-0.2, 0) is 6.42 Å². The van der Waals surface area contributed by atoms with E-state index in [9.17, 15) is 4.79 Å². The SMILES string of the molecule is CCCCCCCCc1sc2nc[nH]c(=O)c2c1C. The van der Waals surface area contributed by atoms with E-state index < -0.39 is 0 Å². The molecule has 104 valence electrons. The van der Waals surface area contributed by atoms with Crippen molar-refractivity contribution in [1.82, 2.24) is 9.97 Å². The maximum absolute atomic E-state index is 11.8. The predicted octanol–water partition coefficient (Wildman–Crippen LogP) is 4.20. The van der Waals surface area contributed by atoms with Crippen LogP contribution in [0.2, 0.25) is 0 Å². The van der Waals surface area contributed by atoms with E-state index in [1.165, 1.54) is 49.7 Å². The Morgan fingerprint density at radius 1 is 1.21 bits per heavy atom. The van der Waals surface area contributed by atoms with Crippen LogP contribution in [0.5, 0.6) is 0 Å². The standard InChI is InChI=1S/C15H22N2OS/c1-3-4-5-6-7-8-9-12-11(2)13-14(18)16-10-17-15(13)19-12/h10H,3-9H2,1-2H3,(H,16,17,18). The lowest BCUT2D eigenvalue weighted by molar-refractivity contribution is 0.609.